The molecule has 0 aromatic rings. The molecular weight excluding hydrogens is 192 g/mol. The molecule has 1 aliphatic rings. The van der Waals surface area contributed by atoms with Crippen LogP contribution in [0.15, 0.2) is 0 Å². The zero-order chi connectivity index (χ0) is 11.7. The van der Waals surface area contributed by atoms with Gasteiger partial charge in [-0.05, 0) is 46.7 Å². The normalized spacial score (nSPS) is 17.6. The zero-order valence-electron chi connectivity index (χ0n) is 10.2. The van der Waals surface area contributed by atoms with Gasteiger partial charge in [-0.3, -0.25) is 9.69 Å². The molecule has 0 amide bonds. The monoisotopic (exact) mass is 216 g/mol. The first kappa shape index (κ1) is 14.4. The Balaban J connectivity index is 0.000000265. The molecule has 15 heavy (non-hydrogen) atoms. The minimum atomic E-state index is -0.318. The van der Waals surface area contributed by atoms with E-state index in [9.17, 15) is 4.79 Å². The molecule has 4 heteroatoms. The van der Waals surface area contributed by atoms with E-state index in [1.54, 1.807) is 0 Å². The van der Waals surface area contributed by atoms with Crippen LogP contribution >= 0.6 is 0 Å². The van der Waals surface area contributed by atoms with E-state index in [1.807, 2.05) is 20.8 Å². The number of ether oxygens (including phenoxy) is 1. The molecule has 0 bridgehead atoms. The summed E-state index contributed by atoms with van der Waals surface area (Å²) in [5.74, 6) is 0. The van der Waals surface area contributed by atoms with Crippen molar-refractivity contribution in [3.8, 4) is 0 Å². The van der Waals surface area contributed by atoms with Crippen LogP contribution in [0.25, 0.3) is 0 Å². The zero-order valence-corrected chi connectivity index (χ0v) is 10.2. The van der Waals surface area contributed by atoms with E-state index in [-0.39, 0.29) is 5.60 Å². The van der Waals surface area contributed by atoms with E-state index < -0.39 is 0 Å². The van der Waals surface area contributed by atoms with Crippen molar-refractivity contribution < 1.29 is 9.53 Å². The number of hydrogen-bond acceptors (Lipinski definition) is 4. The summed E-state index contributed by atoms with van der Waals surface area (Å²) in [4.78, 5) is 11.9. The van der Waals surface area contributed by atoms with E-state index in [4.69, 9.17) is 5.73 Å². The predicted molar refractivity (Wildman–Crippen MR) is 61.4 cm³/mol. The second kappa shape index (κ2) is 7.65. The number of nitrogens with zero attached hydrogens (tertiary/aromatic N) is 1. The maximum atomic E-state index is 9.60. The summed E-state index contributed by atoms with van der Waals surface area (Å²) in [7, 11) is 0. The summed E-state index contributed by atoms with van der Waals surface area (Å²) < 4.78 is 4.55. The maximum Gasteiger partial charge on any atom is 0.293 e. The van der Waals surface area contributed by atoms with Crippen LogP contribution in [-0.4, -0.2) is 36.7 Å². The first-order chi connectivity index (χ1) is 6.99. The first-order valence-corrected chi connectivity index (χ1v) is 5.53. The molecule has 1 heterocycles. The summed E-state index contributed by atoms with van der Waals surface area (Å²) in [6.07, 6.45) is 4.09. The second-order valence-corrected chi connectivity index (χ2v) is 4.69. The molecule has 0 aromatic carbocycles. The molecule has 1 rings (SSSR count). The lowest BCUT2D eigenvalue weighted by atomic mass is 10.1. The molecule has 0 saturated carbocycles. The molecule has 2 N–H and O–H groups in total. The fraction of sp³-hybridized carbons (Fsp3) is 0.909. The van der Waals surface area contributed by atoms with Crippen LogP contribution in [0.3, 0.4) is 0 Å². The molecule has 0 atom stereocenters. The van der Waals surface area contributed by atoms with Gasteiger partial charge < -0.3 is 10.5 Å². The van der Waals surface area contributed by atoms with Gasteiger partial charge in [0, 0.05) is 6.67 Å². The van der Waals surface area contributed by atoms with Crippen molar-refractivity contribution in [1.29, 1.82) is 0 Å². The lowest BCUT2D eigenvalue weighted by molar-refractivity contribution is -0.138. The molecule has 90 valence electrons. The smallest absolute Gasteiger partial charge is 0.293 e. The number of rotatable bonds is 2. The number of carbonyl (C=O) groups is 1. The number of likely N-dealkylation sites (tertiary alicyclic amines) is 1. The number of hydrogen-bond donors (Lipinski definition) is 1. The van der Waals surface area contributed by atoms with Gasteiger partial charge in [0.15, 0.2) is 0 Å². The standard InChI is InChI=1S/C6H14N2.C5H10O2/c7-6-8-4-2-1-3-5-8;1-5(2,3)7-4-6/h1-7H2;4H,1-3H3. The first-order valence-electron chi connectivity index (χ1n) is 5.53. The minimum absolute atomic E-state index is 0.318. The Kier molecular flexibility index (Phi) is 7.34. The van der Waals surface area contributed by atoms with Crippen LogP contribution < -0.4 is 5.73 Å². The van der Waals surface area contributed by atoms with Gasteiger partial charge in [0.1, 0.15) is 5.60 Å². The average Bonchev–Trinajstić information content (AvgIpc) is 2.18. The second-order valence-electron chi connectivity index (χ2n) is 4.69. The third-order valence-corrected chi connectivity index (χ3v) is 2.11. The number of carbonyl (C=O) groups excluding carboxylic acids is 1. The molecule has 0 aromatic heterocycles. The molecule has 0 unspecified atom stereocenters. The highest BCUT2D eigenvalue weighted by atomic mass is 16.5. The van der Waals surface area contributed by atoms with Crippen molar-refractivity contribution in [2.45, 2.75) is 45.6 Å². The lowest BCUT2D eigenvalue weighted by Gasteiger charge is -2.23. The van der Waals surface area contributed by atoms with Crippen LogP contribution in [0, 0.1) is 0 Å². The summed E-state index contributed by atoms with van der Waals surface area (Å²) >= 11 is 0. The predicted octanol–water partition coefficient (Wildman–Crippen LogP) is 1.35. The van der Waals surface area contributed by atoms with Gasteiger partial charge in [-0.1, -0.05) is 6.42 Å². The fourth-order valence-corrected chi connectivity index (χ4v) is 1.29. The highest BCUT2D eigenvalue weighted by Crippen LogP contribution is 2.05. The Morgan fingerprint density at radius 2 is 1.80 bits per heavy atom. The van der Waals surface area contributed by atoms with E-state index >= 15 is 0 Å². The van der Waals surface area contributed by atoms with Crippen molar-refractivity contribution in [3.05, 3.63) is 0 Å². The van der Waals surface area contributed by atoms with Crippen LogP contribution in [0.2, 0.25) is 0 Å². The summed E-state index contributed by atoms with van der Waals surface area (Å²) in [5.41, 5.74) is 5.11. The Hall–Kier alpha value is -0.610. The molecular formula is C11H24N2O2. The van der Waals surface area contributed by atoms with Crippen molar-refractivity contribution in [2.24, 2.45) is 5.73 Å². The third kappa shape index (κ3) is 9.69. The van der Waals surface area contributed by atoms with Crippen LogP contribution in [0.5, 0.6) is 0 Å². The topological polar surface area (TPSA) is 55.6 Å². The third-order valence-electron chi connectivity index (χ3n) is 2.11. The van der Waals surface area contributed by atoms with Gasteiger partial charge in [-0.15, -0.1) is 0 Å². The minimum Gasteiger partial charge on any atom is -0.462 e. The van der Waals surface area contributed by atoms with Gasteiger partial charge >= 0.3 is 0 Å². The highest BCUT2D eigenvalue weighted by Gasteiger charge is 2.07. The van der Waals surface area contributed by atoms with E-state index in [1.165, 1.54) is 32.4 Å². The van der Waals surface area contributed by atoms with E-state index in [2.05, 4.69) is 9.64 Å². The Morgan fingerprint density at radius 3 is 2.00 bits per heavy atom. The summed E-state index contributed by atoms with van der Waals surface area (Å²) in [6, 6.07) is 0. The quantitative estimate of drug-likeness (QED) is 0.708. The molecule has 1 fully saturated rings. The maximum absolute atomic E-state index is 9.60. The molecule has 1 saturated heterocycles. The number of piperidine rings is 1. The summed E-state index contributed by atoms with van der Waals surface area (Å²) in [5, 5.41) is 0. The number of nitrogens with two attached hydrogens (primary N) is 1. The van der Waals surface area contributed by atoms with Crippen molar-refractivity contribution in [2.75, 3.05) is 19.8 Å². The Morgan fingerprint density at radius 1 is 1.27 bits per heavy atom. The van der Waals surface area contributed by atoms with Crippen LogP contribution in [0.4, 0.5) is 0 Å². The lowest BCUT2D eigenvalue weighted by Crippen LogP contribution is -2.34. The van der Waals surface area contributed by atoms with Gasteiger partial charge in [0.2, 0.25) is 0 Å². The molecule has 0 aliphatic carbocycles. The van der Waals surface area contributed by atoms with Crippen LogP contribution in [-0.2, 0) is 9.53 Å². The van der Waals surface area contributed by atoms with E-state index in [0.29, 0.717) is 6.47 Å². The van der Waals surface area contributed by atoms with Gasteiger partial charge in [0.05, 0.1) is 0 Å². The van der Waals surface area contributed by atoms with Crippen molar-refractivity contribution >= 4 is 6.47 Å². The summed E-state index contributed by atoms with van der Waals surface area (Å²) in [6.45, 7) is 9.11. The van der Waals surface area contributed by atoms with Crippen LogP contribution in [0.1, 0.15) is 40.0 Å². The van der Waals surface area contributed by atoms with E-state index in [0.717, 1.165) is 6.67 Å². The molecule has 1 aliphatic heterocycles. The Bertz CT molecular complexity index is 160. The van der Waals surface area contributed by atoms with Crippen molar-refractivity contribution in [3.63, 3.8) is 0 Å². The van der Waals surface area contributed by atoms with Gasteiger partial charge in [-0.25, -0.2) is 0 Å². The molecule has 4 nitrogen and oxygen atoms in total. The molecule has 0 radical (unpaired) electrons. The Labute approximate surface area is 92.8 Å². The van der Waals surface area contributed by atoms with Crippen molar-refractivity contribution in [1.82, 2.24) is 4.90 Å². The highest BCUT2D eigenvalue weighted by molar-refractivity contribution is 5.37. The van der Waals surface area contributed by atoms with Gasteiger partial charge in [0.25, 0.3) is 6.47 Å². The average molecular weight is 216 g/mol. The fourth-order valence-electron chi connectivity index (χ4n) is 1.29. The van der Waals surface area contributed by atoms with Gasteiger partial charge in [-0.2, -0.15) is 0 Å². The SMILES string of the molecule is CC(C)(C)OC=O.NCN1CCCCC1. The largest absolute Gasteiger partial charge is 0.462 e. The molecule has 0 spiro atoms.